The first kappa shape index (κ1) is 18.8. The lowest BCUT2D eigenvalue weighted by Gasteiger charge is -2.46. The van der Waals surface area contributed by atoms with Crippen molar-refractivity contribution in [3.63, 3.8) is 0 Å². The minimum atomic E-state index is -1.61. The van der Waals surface area contributed by atoms with E-state index < -0.39 is 17.3 Å². The first-order valence-electron chi connectivity index (χ1n) is 9.31. The predicted octanol–water partition coefficient (Wildman–Crippen LogP) is 2.17. The average Bonchev–Trinajstić information content (AvgIpc) is 2.67. The SMILES string of the molecule is CC(C)c1ccc([C@H]2[C@@H]3C[NH+](C)CC=C3[C@@H](C#N)C(=N)C2(C#N)C#N)cc1. The van der Waals surface area contributed by atoms with Gasteiger partial charge >= 0.3 is 0 Å². The van der Waals surface area contributed by atoms with Crippen molar-refractivity contribution >= 4 is 5.71 Å². The second kappa shape index (κ2) is 6.99. The highest BCUT2D eigenvalue weighted by Gasteiger charge is 2.58. The molecular formula is C22H24N5+. The summed E-state index contributed by atoms with van der Waals surface area (Å²) in [6.07, 6.45) is 2.04. The van der Waals surface area contributed by atoms with Gasteiger partial charge in [0.05, 0.1) is 44.1 Å². The molecule has 136 valence electrons. The molecule has 2 N–H and O–H groups in total. The second-order valence-electron chi connectivity index (χ2n) is 7.98. The molecule has 0 saturated heterocycles. The lowest BCUT2D eigenvalue weighted by molar-refractivity contribution is -0.878. The maximum Gasteiger partial charge on any atom is 0.189 e. The van der Waals surface area contributed by atoms with Crippen LogP contribution in [0.3, 0.4) is 0 Å². The molecule has 1 aromatic carbocycles. The molecule has 2 aliphatic rings. The molecule has 1 fully saturated rings. The third-order valence-electron chi connectivity index (χ3n) is 6.04. The number of likely N-dealkylation sites (N-methyl/N-ethyl adjacent to an activating group) is 1. The zero-order valence-corrected chi connectivity index (χ0v) is 16.0. The summed E-state index contributed by atoms with van der Waals surface area (Å²) in [7, 11) is 2.08. The highest BCUT2D eigenvalue weighted by atomic mass is 15.1. The van der Waals surface area contributed by atoms with Crippen LogP contribution in [0.25, 0.3) is 0 Å². The molecule has 0 radical (unpaired) electrons. The fraction of sp³-hybridized carbons (Fsp3) is 0.455. The van der Waals surface area contributed by atoms with Gasteiger partial charge in [0, 0.05) is 11.8 Å². The third kappa shape index (κ3) is 2.84. The van der Waals surface area contributed by atoms with Gasteiger partial charge in [0.15, 0.2) is 5.41 Å². The van der Waals surface area contributed by atoms with E-state index >= 15 is 0 Å². The number of nitriles is 3. The van der Waals surface area contributed by atoms with Gasteiger partial charge in [0.2, 0.25) is 0 Å². The minimum absolute atomic E-state index is 0.0741. The van der Waals surface area contributed by atoms with Crippen molar-refractivity contribution in [1.82, 2.24) is 0 Å². The van der Waals surface area contributed by atoms with E-state index in [0.29, 0.717) is 5.92 Å². The molecule has 0 spiro atoms. The molecule has 1 heterocycles. The number of nitrogens with one attached hydrogen (secondary N) is 2. The third-order valence-corrected chi connectivity index (χ3v) is 6.04. The maximum atomic E-state index is 10.0. The molecule has 0 bridgehead atoms. The Bertz CT molecular complexity index is 890. The molecule has 4 atom stereocenters. The summed E-state index contributed by atoms with van der Waals surface area (Å²) in [4.78, 5) is 1.28. The molecule has 1 aliphatic carbocycles. The molecule has 0 amide bonds. The normalized spacial score (nSPS) is 29.1. The average molecular weight is 358 g/mol. The molecule has 1 aliphatic heterocycles. The van der Waals surface area contributed by atoms with Crippen molar-refractivity contribution in [2.24, 2.45) is 17.3 Å². The number of fused-ring (bicyclic) bond motifs is 1. The van der Waals surface area contributed by atoms with Crippen molar-refractivity contribution in [3.8, 4) is 18.2 Å². The van der Waals surface area contributed by atoms with Crippen LogP contribution in [0.1, 0.15) is 36.8 Å². The standard InChI is InChI=1S/C22H23N5/c1-14(2)15-4-6-16(7-5-15)20-19-11-27(3)9-8-17(19)18(10-23)21(26)22(20,12-24)13-25/h4-8,14,18-20,26H,9,11H2,1-3H3/p+1/t18-,19-,20+/m1/s1. The van der Waals surface area contributed by atoms with Crippen molar-refractivity contribution in [2.45, 2.75) is 25.7 Å². The summed E-state index contributed by atoms with van der Waals surface area (Å²) < 4.78 is 0. The Balaban J connectivity index is 2.21. The van der Waals surface area contributed by atoms with E-state index in [2.05, 4.69) is 39.1 Å². The zero-order valence-electron chi connectivity index (χ0n) is 16.0. The van der Waals surface area contributed by atoms with Gasteiger partial charge in [0.25, 0.3) is 0 Å². The number of nitrogens with zero attached hydrogens (tertiary/aromatic N) is 3. The van der Waals surface area contributed by atoms with Crippen molar-refractivity contribution in [1.29, 1.82) is 21.2 Å². The van der Waals surface area contributed by atoms with Gasteiger partial charge < -0.3 is 10.3 Å². The Kier molecular flexibility index (Phi) is 4.88. The molecule has 1 unspecified atom stereocenters. The van der Waals surface area contributed by atoms with E-state index in [1.807, 2.05) is 30.3 Å². The number of hydrogen-bond acceptors (Lipinski definition) is 4. The van der Waals surface area contributed by atoms with E-state index in [1.54, 1.807) is 0 Å². The van der Waals surface area contributed by atoms with Crippen molar-refractivity contribution in [3.05, 3.63) is 47.0 Å². The Morgan fingerprint density at radius 2 is 1.78 bits per heavy atom. The topological polar surface area (TPSA) is 99.7 Å². The van der Waals surface area contributed by atoms with Gasteiger partial charge in [-0.15, -0.1) is 0 Å². The van der Waals surface area contributed by atoms with Crippen LogP contribution in [0, 0.1) is 56.7 Å². The van der Waals surface area contributed by atoms with E-state index in [1.165, 1.54) is 10.5 Å². The molecular weight excluding hydrogens is 334 g/mol. The van der Waals surface area contributed by atoms with E-state index in [9.17, 15) is 15.8 Å². The number of hydrogen-bond donors (Lipinski definition) is 2. The first-order valence-corrected chi connectivity index (χ1v) is 9.31. The molecule has 5 heteroatoms. The van der Waals surface area contributed by atoms with Gasteiger partial charge in [0.1, 0.15) is 5.92 Å². The van der Waals surface area contributed by atoms with Gasteiger partial charge in [-0.1, -0.05) is 38.1 Å². The van der Waals surface area contributed by atoms with Crippen LogP contribution in [0.5, 0.6) is 0 Å². The van der Waals surface area contributed by atoms with Crippen molar-refractivity contribution in [2.75, 3.05) is 20.1 Å². The summed E-state index contributed by atoms with van der Waals surface area (Å²) in [5.74, 6) is -0.924. The Labute approximate surface area is 160 Å². The Morgan fingerprint density at radius 3 is 2.30 bits per heavy atom. The minimum Gasteiger partial charge on any atom is -0.334 e. The van der Waals surface area contributed by atoms with Crippen LogP contribution in [-0.4, -0.2) is 25.8 Å². The molecule has 1 aromatic rings. The van der Waals surface area contributed by atoms with Gasteiger partial charge in [-0.2, -0.15) is 15.8 Å². The summed E-state index contributed by atoms with van der Waals surface area (Å²) in [6.45, 7) is 5.79. The maximum absolute atomic E-state index is 10.0. The molecule has 3 rings (SSSR count). The summed E-state index contributed by atoms with van der Waals surface area (Å²) in [5.41, 5.74) is 1.32. The monoisotopic (exact) mass is 358 g/mol. The van der Waals surface area contributed by atoms with E-state index in [-0.39, 0.29) is 11.6 Å². The van der Waals surface area contributed by atoms with Crippen LogP contribution < -0.4 is 4.90 Å². The van der Waals surface area contributed by atoms with Crippen LogP contribution in [0.15, 0.2) is 35.9 Å². The summed E-state index contributed by atoms with van der Waals surface area (Å²) in [6, 6.07) is 14.5. The lowest BCUT2D eigenvalue weighted by Crippen LogP contribution is -3.10. The summed E-state index contributed by atoms with van der Waals surface area (Å²) >= 11 is 0. The molecule has 5 nitrogen and oxygen atoms in total. The Morgan fingerprint density at radius 1 is 1.15 bits per heavy atom. The molecule has 1 saturated carbocycles. The number of benzene rings is 1. The molecule has 0 aromatic heterocycles. The fourth-order valence-electron chi connectivity index (χ4n) is 4.52. The van der Waals surface area contributed by atoms with Crippen LogP contribution in [0.2, 0.25) is 0 Å². The van der Waals surface area contributed by atoms with Crippen LogP contribution >= 0.6 is 0 Å². The van der Waals surface area contributed by atoms with E-state index in [0.717, 1.165) is 24.2 Å². The highest BCUT2D eigenvalue weighted by Crippen LogP contribution is 2.52. The zero-order chi connectivity index (χ0) is 19.8. The lowest BCUT2D eigenvalue weighted by atomic mass is 9.54. The van der Waals surface area contributed by atoms with Crippen LogP contribution in [0.4, 0.5) is 0 Å². The second-order valence-corrected chi connectivity index (χ2v) is 7.98. The van der Waals surface area contributed by atoms with Crippen molar-refractivity contribution < 1.29 is 4.90 Å². The smallest absolute Gasteiger partial charge is 0.189 e. The summed E-state index contributed by atoms with van der Waals surface area (Å²) in [5, 5.41) is 38.3. The number of quaternary nitrogens is 1. The van der Waals surface area contributed by atoms with Crippen LogP contribution in [-0.2, 0) is 0 Å². The van der Waals surface area contributed by atoms with Gasteiger partial charge in [-0.3, -0.25) is 0 Å². The number of rotatable bonds is 2. The van der Waals surface area contributed by atoms with Gasteiger partial charge in [-0.25, -0.2) is 0 Å². The highest BCUT2D eigenvalue weighted by molar-refractivity contribution is 6.00. The fourth-order valence-corrected chi connectivity index (χ4v) is 4.52. The predicted molar refractivity (Wildman–Crippen MR) is 102 cm³/mol. The first-order chi connectivity index (χ1) is 12.9. The largest absolute Gasteiger partial charge is 0.334 e. The molecule has 27 heavy (non-hydrogen) atoms. The Hall–Kier alpha value is -2.94. The van der Waals surface area contributed by atoms with E-state index in [4.69, 9.17) is 5.41 Å². The quantitative estimate of drug-likeness (QED) is 0.792. The van der Waals surface area contributed by atoms with Gasteiger partial charge in [-0.05, 0) is 28.7 Å².